The normalized spacial score (nSPS) is 10.6. The maximum atomic E-state index is 13.6. The van der Waals surface area contributed by atoms with Crippen LogP contribution in [-0.4, -0.2) is 10.9 Å². The van der Waals surface area contributed by atoms with Gasteiger partial charge in [-0.25, -0.2) is 9.37 Å². The lowest BCUT2D eigenvalue weighted by Crippen LogP contribution is -2.15. The number of benzene rings is 1. The molecule has 0 radical (unpaired) electrons. The van der Waals surface area contributed by atoms with Gasteiger partial charge in [-0.15, -0.1) is 11.3 Å². The molecule has 1 aromatic heterocycles. The molecule has 0 aliphatic carbocycles. The summed E-state index contributed by atoms with van der Waals surface area (Å²) in [6.45, 7) is 3.96. The van der Waals surface area contributed by atoms with E-state index >= 15 is 0 Å². The molecular formula is C14H14ClFN2OS. The van der Waals surface area contributed by atoms with Crippen LogP contribution >= 0.6 is 22.9 Å². The summed E-state index contributed by atoms with van der Waals surface area (Å²) in [7, 11) is 0. The Morgan fingerprint density at radius 3 is 2.85 bits per heavy atom. The summed E-state index contributed by atoms with van der Waals surface area (Å²) in [5.41, 5.74) is 1.17. The number of hydrogen-bond acceptors (Lipinski definition) is 3. The molecule has 0 atom stereocenters. The fourth-order valence-corrected chi connectivity index (χ4v) is 2.98. The number of amides is 1. The van der Waals surface area contributed by atoms with Crippen molar-refractivity contribution in [2.24, 2.45) is 0 Å². The molecular weight excluding hydrogens is 299 g/mol. The molecule has 3 nitrogen and oxygen atoms in total. The highest BCUT2D eigenvalue weighted by Gasteiger charge is 2.14. The number of carbonyl (C=O) groups excluding carboxylic acids is 1. The lowest BCUT2D eigenvalue weighted by Gasteiger charge is -2.05. The largest absolute Gasteiger partial charge is 0.302 e. The molecule has 0 aliphatic heterocycles. The van der Waals surface area contributed by atoms with Crippen molar-refractivity contribution < 1.29 is 9.18 Å². The zero-order chi connectivity index (χ0) is 14.7. The van der Waals surface area contributed by atoms with E-state index in [0.29, 0.717) is 5.13 Å². The SMILES string of the molecule is CCc1nc(NC(=O)Cc2c(F)cccc2Cl)sc1C. The summed E-state index contributed by atoms with van der Waals surface area (Å²) in [6.07, 6.45) is 0.711. The van der Waals surface area contributed by atoms with Gasteiger partial charge in [-0.05, 0) is 25.5 Å². The summed E-state index contributed by atoms with van der Waals surface area (Å²) in [4.78, 5) is 17.3. The van der Waals surface area contributed by atoms with Crippen molar-refractivity contribution in [3.8, 4) is 0 Å². The number of rotatable bonds is 4. The topological polar surface area (TPSA) is 42.0 Å². The van der Waals surface area contributed by atoms with Gasteiger partial charge in [0.15, 0.2) is 5.13 Å². The molecule has 2 aromatic rings. The highest BCUT2D eigenvalue weighted by Crippen LogP contribution is 2.23. The summed E-state index contributed by atoms with van der Waals surface area (Å²) in [5.74, 6) is -0.800. The van der Waals surface area contributed by atoms with Crippen molar-refractivity contribution >= 4 is 34.0 Å². The number of thiazole rings is 1. The van der Waals surface area contributed by atoms with Gasteiger partial charge in [0.05, 0.1) is 12.1 Å². The van der Waals surface area contributed by atoms with Gasteiger partial charge >= 0.3 is 0 Å². The molecule has 106 valence electrons. The summed E-state index contributed by atoms with van der Waals surface area (Å²) in [5, 5.41) is 3.48. The van der Waals surface area contributed by atoms with E-state index in [0.717, 1.165) is 17.0 Å². The molecule has 1 N–H and O–H groups in total. The number of aromatic nitrogens is 1. The Hall–Kier alpha value is -1.46. The Kier molecular flexibility index (Phi) is 4.73. The van der Waals surface area contributed by atoms with Gasteiger partial charge in [-0.2, -0.15) is 0 Å². The van der Waals surface area contributed by atoms with Crippen molar-refractivity contribution in [2.75, 3.05) is 5.32 Å². The molecule has 2 rings (SSSR count). The molecule has 0 saturated carbocycles. The van der Waals surface area contributed by atoms with Gasteiger partial charge in [0, 0.05) is 15.5 Å². The van der Waals surface area contributed by atoms with E-state index < -0.39 is 5.82 Å². The second-order valence-electron chi connectivity index (χ2n) is 4.30. The Morgan fingerprint density at radius 2 is 2.25 bits per heavy atom. The van der Waals surface area contributed by atoms with E-state index in [-0.39, 0.29) is 22.9 Å². The van der Waals surface area contributed by atoms with Gasteiger partial charge in [0.2, 0.25) is 5.91 Å². The van der Waals surface area contributed by atoms with E-state index in [9.17, 15) is 9.18 Å². The molecule has 0 fully saturated rings. The molecule has 0 spiro atoms. The monoisotopic (exact) mass is 312 g/mol. The third kappa shape index (κ3) is 3.35. The number of aryl methyl sites for hydroxylation is 2. The van der Waals surface area contributed by atoms with Crippen molar-refractivity contribution in [1.82, 2.24) is 4.98 Å². The average molecular weight is 313 g/mol. The van der Waals surface area contributed by atoms with Gasteiger partial charge in [-0.1, -0.05) is 24.6 Å². The number of anilines is 1. The molecule has 6 heteroatoms. The standard InChI is InChI=1S/C14H14ClFN2OS/c1-3-12-8(2)20-14(17-12)18-13(19)7-9-10(15)5-4-6-11(9)16/h4-6H,3,7H2,1-2H3,(H,17,18,19). The lowest BCUT2D eigenvalue weighted by atomic mass is 10.1. The first-order valence-electron chi connectivity index (χ1n) is 6.20. The van der Waals surface area contributed by atoms with Crippen LogP contribution in [0.4, 0.5) is 9.52 Å². The van der Waals surface area contributed by atoms with E-state index in [2.05, 4.69) is 10.3 Å². The van der Waals surface area contributed by atoms with Crippen LogP contribution < -0.4 is 5.32 Å². The third-order valence-electron chi connectivity index (χ3n) is 2.87. The molecule has 0 saturated heterocycles. The second kappa shape index (κ2) is 6.33. The minimum Gasteiger partial charge on any atom is -0.302 e. The van der Waals surface area contributed by atoms with Crippen molar-refractivity contribution in [3.63, 3.8) is 0 Å². The smallest absolute Gasteiger partial charge is 0.230 e. The molecule has 20 heavy (non-hydrogen) atoms. The van der Waals surface area contributed by atoms with Crippen LogP contribution in [0.2, 0.25) is 5.02 Å². The fourth-order valence-electron chi connectivity index (χ4n) is 1.83. The quantitative estimate of drug-likeness (QED) is 0.927. The first kappa shape index (κ1) is 14.9. The Morgan fingerprint density at radius 1 is 1.50 bits per heavy atom. The van der Waals surface area contributed by atoms with Crippen molar-refractivity contribution in [3.05, 3.63) is 45.2 Å². The van der Waals surface area contributed by atoms with E-state index in [1.165, 1.54) is 23.5 Å². The number of nitrogens with zero attached hydrogens (tertiary/aromatic N) is 1. The molecule has 1 heterocycles. The highest BCUT2D eigenvalue weighted by atomic mass is 35.5. The van der Waals surface area contributed by atoms with Crippen LogP contribution in [0.15, 0.2) is 18.2 Å². The van der Waals surface area contributed by atoms with Crippen LogP contribution in [-0.2, 0) is 17.6 Å². The van der Waals surface area contributed by atoms with Crippen LogP contribution in [0.1, 0.15) is 23.1 Å². The molecule has 0 unspecified atom stereocenters. The van der Waals surface area contributed by atoms with Gasteiger partial charge in [-0.3, -0.25) is 4.79 Å². The maximum Gasteiger partial charge on any atom is 0.230 e. The van der Waals surface area contributed by atoms with Crippen LogP contribution in [0, 0.1) is 12.7 Å². The molecule has 0 aliphatic rings. The molecule has 1 amide bonds. The van der Waals surface area contributed by atoms with Crippen molar-refractivity contribution in [2.45, 2.75) is 26.7 Å². The van der Waals surface area contributed by atoms with E-state index in [1.807, 2.05) is 13.8 Å². The minimum absolute atomic E-state index is 0.106. The zero-order valence-electron chi connectivity index (χ0n) is 11.2. The summed E-state index contributed by atoms with van der Waals surface area (Å²) < 4.78 is 13.6. The first-order chi connectivity index (χ1) is 9.51. The Balaban J connectivity index is 2.09. The Bertz CT molecular complexity index is 622. The number of halogens is 2. The van der Waals surface area contributed by atoms with Crippen LogP contribution in [0.3, 0.4) is 0 Å². The van der Waals surface area contributed by atoms with Gasteiger partial charge in [0.25, 0.3) is 0 Å². The number of nitrogens with one attached hydrogen (secondary N) is 1. The first-order valence-corrected chi connectivity index (χ1v) is 7.39. The summed E-state index contributed by atoms with van der Waals surface area (Å²) >= 11 is 7.31. The Labute approximate surface area is 125 Å². The van der Waals surface area contributed by atoms with Crippen LogP contribution in [0.25, 0.3) is 0 Å². The number of carbonyl (C=O) groups is 1. The third-order valence-corrected chi connectivity index (χ3v) is 4.16. The van der Waals surface area contributed by atoms with E-state index in [4.69, 9.17) is 11.6 Å². The fraction of sp³-hybridized carbons (Fsp3) is 0.286. The minimum atomic E-state index is -0.475. The summed E-state index contributed by atoms with van der Waals surface area (Å²) in [6, 6.07) is 4.37. The lowest BCUT2D eigenvalue weighted by molar-refractivity contribution is -0.115. The number of hydrogen-bond donors (Lipinski definition) is 1. The predicted octanol–water partition coefficient (Wildman–Crippen LogP) is 3.99. The predicted molar refractivity (Wildman–Crippen MR) is 80.0 cm³/mol. The second-order valence-corrected chi connectivity index (χ2v) is 5.91. The van der Waals surface area contributed by atoms with Gasteiger partial charge < -0.3 is 5.32 Å². The van der Waals surface area contributed by atoms with Crippen molar-refractivity contribution in [1.29, 1.82) is 0 Å². The maximum absolute atomic E-state index is 13.6. The van der Waals surface area contributed by atoms with Gasteiger partial charge in [0.1, 0.15) is 5.82 Å². The average Bonchev–Trinajstić information content (AvgIpc) is 2.74. The molecule has 1 aromatic carbocycles. The van der Waals surface area contributed by atoms with E-state index in [1.54, 1.807) is 6.07 Å². The van der Waals surface area contributed by atoms with Crippen LogP contribution in [0.5, 0.6) is 0 Å². The molecule has 0 bridgehead atoms. The zero-order valence-corrected chi connectivity index (χ0v) is 12.7. The highest BCUT2D eigenvalue weighted by molar-refractivity contribution is 7.15.